The van der Waals surface area contributed by atoms with Crippen molar-refractivity contribution in [1.82, 2.24) is 10.6 Å². The fourth-order valence-electron chi connectivity index (χ4n) is 2.34. The first-order chi connectivity index (χ1) is 11.3. The minimum absolute atomic E-state index is 0.141. The molecule has 1 fully saturated rings. The van der Waals surface area contributed by atoms with Gasteiger partial charge in [-0.05, 0) is 38.1 Å². The Hall–Kier alpha value is -2.36. The van der Waals surface area contributed by atoms with Gasteiger partial charge in [0.05, 0.1) is 4.92 Å². The lowest BCUT2D eigenvalue weighted by Gasteiger charge is -2.23. The summed E-state index contributed by atoms with van der Waals surface area (Å²) in [6.45, 7) is -0.121. The van der Waals surface area contributed by atoms with E-state index in [4.69, 9.17) is 0 Å². The van der Waals surface area contributed by atoms with Gasteiger partial charge in [0.25, 0.3) is 11.6 Å². The van der Waals surface area contributed by atoms with Gasteiger partial charge < -0.3 is 15.4 Å². The maximum absolute atomic E-state index is 12.3. The van der Waals surface area contributed by atoms with E-state index < -0.39 is 29.3 Å². The summed E-state index contributed by atoms with van der Waals surface area (Å²) < 4.78 is 41.1. The predicted octanol–water partition coefficient (Wildman–Crippen LogP) is 2.02. The van der Waals surface area contributed by atoms with Crippen LogP contribution < -0.4 is 15.4 Å². The van der Waals surface area contributed by atoms with Gasteiger partial charge in [0.1, 0.15) is 11.3 Å². The van der Waals surface area contributed by atoms with Crippen LogP contribution in [0.3, 0.4) is 0 Å². The highest BCUT2D eigenvalue weighted by Crippen LogP contribution is 2.26. The molecule has 24 heavy (non-hydrogen) atoms. The molecule has 10 heteroatoms. The van der Waals surface area contributed by atoms with Crippen molar-refractivity contribution in [3.63, 3.8) is 0 Å². The Morgan fingerprint density at radius 1 is 1.38 bits per heavy atom. The number of amides is 1. The number of nitro benzene ring substituents is 1. The van der Waals surface area contributed by atoms with Crippen LogP contribution in [0, 0.1) is 10.1 Å². The molecule has 0 aromatic heterocycles. The molecule has 1 aliphatic heterocycles. The number of halogens is 3. The SMILES string of the molecule is O=C(NC1CCNCC1)c1cc(OCC(F)(F)F)ccc1[N+](=O)[O-]. The van der Waals surface area contributed by atoms with E-state index in [1.165, 1.54) is 0 Å². The van der Waals surface area contributed by atoms with Crippen LogP contribution in [0.2, 0.25) is 0 Å². The van der Waals surface area contributed by atoms with E-state index in [2.05, 4.69) is 15.4 Å². The van der Waals surface area contributed by atoms with Gasteiger partial charge in [-0.1, -0.05) is 0 Å². The molecule has 1 aromatic carbocycles. The van der Waals surface area contributed by atoms with Crippen molar-refractivity contribution in [2.75, 3.05) is 19.7 Å². The molecule has 1 amide bonds. The second-order valence-corrected chi connectivity index (χ2v) is 5.34. The molecule has 1 saturated heterocycles. The molecule has 0 aliphatic carbocycles. The number of piperidine rings is 1. The summed E-state index contributed by atoms with van der Waals surface area (Å²) >= 11 is 0. The first kappa shape index (κ1) is 18.0. The van der Waals surface area contributed by atoms with Gasteiger partial charge in [0.15, 0.2) is 6.61 Å². The summed E-state index contributed by atoms with van der Waals surface area (Å²) in [6, 6.07) is 2.81. The molecule has 0 unspecified atom stereocenters. The van der Waals surface area contributed by atoms with Crippen LogP contribution in [-0.2, 0) is 0 Å². The summed E-state index contributed by atoms with van der Waals surface area (Å²) in [4.78, 5) is 22.6. The number of nitrogens with zero attached hydrogens (tertiary/aromatic N) is 1. The van der Waals surface area contributed by atoms with Crippen molar-refractivity contribution >= 4 is 11.6 Å². The quantitative estimate of drug-likeness (QED) is 0.628. The van der Waals surface area contributed by atoms with E-state index in [0.29, 0.717) is 25.9 Å². The van der Waals surface area contributed by atoms with Crippen LogP contribution in [0.4, 0.5) is 18.9 Å². The lowest BCUT2D eigenvalue weighted by atomic mass is 10.1. The topological polar surface area (TPSA) is 93.5 Å². The molecule has 0 atom stereocenters. The number of carbonyl (C=O) groups excluding carboxylic acids is 1. The van der Waals surface area contributed by atoms with Gasteiger partial charge in [-0.2, -0.15) is 13.2 Å². The Morgan fingerprint density at radius 3 is 2.62 bits per heavy atom. The standard InChI is InChI=1S/C14H16F3N3O4/c15-14(16,17)8-24-10-1-2-12(20(22)23)11(7-10)13(21)19-9-3-5-18-6-4-9/h1-2,7,9,18H,3-6,8H2,(H,19,21). The van der Waals surface area contributed by atoms with E-state index in [-0.39, 0.29) is 17.4 Å². The van der Waals surface area contributed by atoms with E-state index in [1.807, 2.05) is 0 Å². The average Bonchev–Trinajstić information content (AvgIpc) is 2.52. The molecular formula is C14H16F3N3O4. The second kappa shape index (κ2) is 7.47. The number of nitro groups is 1. The zero-order chi connectivity index (χ0) is 17.7. The highest BCUT2D eigenvalue weighted by Gasteiger charge is 2.29. The number of hydrogen-bond acceptors (Lipinski definition) is 5. The van der Waals surface area contributed by atoms with Crippen molar-refractivity contribution < 1.29 is 27.6 Å². The number of alkyl halides is 3. The van der Waals surface area contributed by atoms with Crippen LogP contribution in [0.1, 0.15) is 23.2 Å². The highest BCUT2D eigenvalue weighted by molar-refractivity contribution is 5.98. The monoisotopic (exact) mass is 347 g/mol. The van der Waals surface area contributed by atoms with Crippen molar-refractivity contribution in [2.24, 2.45) is 0 Å². The Labute approximate surface area is 135 Å². The Balaban J connectivity index is 2.17. The molecule has 0 saturated carbocycles. The molecule has 0 spiro atoms. The number of nitrogens with one attached hydrogen (secondary N) is 2. The van der Waals surface area contributed by atoms with Gasteiger partial charge in [-0.25, -0.2) is 0 Å². The van der Waals surface area contributed by atoms with Crippen LogP contribution in [0.5, 0.6) is 5.75 Å². The minimum atomic E-state index is -4.54. The largest absolute Gasteiger partial charge is 0.484 e. The predicted molar refractivity (Wildman–Crippen MR) is 78.0 cm³/mol. The molecule has 132 valence electrons. The first-order valence-corrected chi connectivity index (χ1v) is 7.26. The van der Waals surface area contributed by atoms with Crippen molar-refractivity contribution in [2.45, 2.75) is 25.1 Å². The molecule has 1 heterocycles. The van der Waals surface area contributed by atoms with Gasteiger partial charge in [-0.3, -0.25) is 14.9 Å². The smallest absolute Gasteiger partial charge is 0.422 e. The van der Waals surface area contributed by atoms with Crippen LogP contribution in [-0.4, -0.2) is 42.7 Å². The Bertz CT molecular complexity index is 616. The fraction of sp³-hybridized carbons (Fsp3) is 0.500. The molecule has 0 bridgehead atoms. The zero-order valence-electron chi connectivity index (χ0n) is 12.6. The Kier molecular flexibility index (Phi) is 5.60. The van der Waals surface area contributed by atoms with E-state index in [0.717, 1.165) is 18.2 Å². The van der Waals surface area contributed by atoms with Gasteiger partial charge in [-0.15, -0.1) is 0 Å². The van der Waals surface area contributed by atoms with Gasteiger partial charge >= 0.3 is 6.18 Å². The number of rotatable bonds is 5. The molecule has 1 aliphatic rings. The third-order valence-corrected chi connectivity index (χ3v) is 3.49. The lowest BCUT2D eigenvalue weighted by Crippen LogP contribution is -2.42. The number of ether oxygens (including phenoxy) is 1. The second-order valence-electron chi connectivity index (χ2n) is 5.34. The minimum Gasteiger partial charge on any atom is -0.484 e. The van der Waals surface area contributed by atoms with E-state index in [9.17, 15) is 28.1 Å². The normalized spacial score (nSPS) is 15.8. The summed E-state index contributed by atoms with van der Waals surface area (Å²) in [5.74, 6) is -0.959. The molecule has 0 radical (unpaired) electrons. The molecule has 2 rings (SSSR count). The lowest BCUT2D eigenvalue weighted by molar-refractivity contribution is -0.385. The van der Waals surface area contributed by atoms with Crippen molar-refractivity contribution in [3.05, 3.63) is 33.9 Å². The molecule has 7 nitrogen and oxygen atoms in total. The Morgan fingerprint density at radius 2 is 2.04 bits per heavy atom. The third kappa shape index (κ3) is 5.08. The van der Waals surface area contributed by atoms with E-state index in [1.54, 1.807) is 0 Å². The molecule has 2 N–H and O–H groups in total. The van der Waals surface area contributed by atoms with Crippen molar-refractivity contribution in [3.8, 4) is 5.75 Å². The maximum atomic E-state index is 12.3. The number of benzene rings is 1. The summed E-state index contributed by atoms with van der Waals surface area (Å²) in [5.41, 5.74) is -0.806. The van der Waals surface area contributed by atoms with Crippen LogP contribution in [0.25, 0.3) is 0 Å². The van der Waals surface area contributed by atoms with Crippen LogP contribution in [0.15, 0.2) is 18.2 Å². The van der Waals surface area contributed by atoms with E-state index >= 15 is 0 Å². The van der Waals surface area contributed by atoms with Crippen molar-refractivity contribution in [1.29, 1.82) is 0 Å². The zero-order valence-corrected chi connectivity index (χ0v) is 12.6. The summed E-state index contributed by atoms with van der Waals surface area (Å²) in [7, 11) is 0. The molecule has 1 aromatic rings. The summed E-state index contributed by atoms with van der Waals surface area (Å²) in [6.07, 6.45) is -3.20. The highest BCUT2D eigenvalue weighted by atomic mass is 19.4. The first-order valence-electron chi connectivity index (χ1n) is 7.26. The van der Waals surface area contributed by atoms with Gasteiger partial charge in [0.2, 0.25) is 0 Å². The average molecular weight is 347 g/mol. The molecular weight excluding hydrogens is 331 g/mol. The number of hydrogen-bond donors (Lipinski definition) is 2. The third-order valence-electron chi connectivity index (χ3n) is 3.49. The van der Waals surface area contributed by atoms with Crippen LogP contribution >= 0.6 is 0 Å². The summed E-state index contributed by atoms with van der Waals surface area (Å²) in [5, 5.41) is 16.8. The van der Waals surface area contributed by atoms with Gasteiger partial charge in [0, 0.05) is 12.1 Å². The fourth-order valence-corrected chi connectivity index (χ4v) is 2.34. The number of carbonyl (C=O) groups is 1. The maximum Gasteiger partial charge on any atom is 0.422 e.